The van der Waals surface area contributed by atoms with Crippen LogP contribution in [0.5, 0.6) is 11.5 Å². The molecular formula is C31H41N5O6. The molecule has 0 aliphatic carbocycles. The van der Waals surface area contributed by atoms with Crippen LogP contribution >= 0.6 is 0 Å². The Kier molecular flexibility index (Phi) is 11.2. The second-order valence-electron chi connectivity index (χ2n) is 10.9. The van der Waals surface area contributed by atoms with Crippen LogP contribution in [-0.4, -0.2) is 97.0 Å². The van der Waals surface area contributed by atoms with Crippen molar-refractivity contribution in [1.82, 2.24) is 25.8 Å². The number of ether oxygens (including phenoxy) is 1. The summed E-state index contributed by atoms with van der Waals surface area (Å²) in [5, 5.41) is 18.1. The van der Waals surface area contributed by atoms with E-state index in [4.69, 9.17) is 4.74 Å². The summed E-state index contributed by atoms with van der Waals surface area (Å²) < 4.78 is 5.92. The van der Waals surface area contributed by atoms with Gasteiger partial charge in [0.25, 0.3) is 5.91 Å². The number of rotatable bonds is 3. The van der Waals surface area contributed by atoms with E-state index in [1.807, 2.05) is 7.05 Å². The number of aromatic hydroxyl groups is 1. The van der Waals surface area contributed by atoms with Crippen molar-refractivity contribution in [3.63, 3.8) is 0 Å². The molecule has 11 nitrogen and oxygen atoms in total. The van der Waals surface area contributed by atoms with Gasteiger partial charge in [-0.05, 0) is 49.7 Å². The Hall–Kier alpha value is -4.12. The Labute approximate surface area is 246 Å². The average Bonchev–Trinajstić information content (AvgIpc) is 2.98. The predicted octanol–water partition coefficient (Wildman–Crippen LogP) is 1.45. The zero-order chi connectivity index (χ0) is 29.9. The number of phenols is 1. The number of para-hydroxylation sites is 1. The van der Waals surface area contributed by atoms with E-state index in [9.17, 15) is 24.3 Å². The van der Waals surface area contributed by atoms with Gasteiger partial charge < -0.3 is 35.6 Å². The lowest BCUT2D eigenvalue weighted by Crippen LogP contribution is -2.56. The molecule has 42 heavy (non-hydrogen) atoms. The molecule has 2 aromatic rings. The van der Waals surface area contributed by atoms with Crippen molar-refractivity contribution in [2.45, 2.75) is 50.6 Å². The molecule has 4 amide bonds. The Bertz CT molecular complexity index is 1230. The number of nitrogens with one attached hydrogen (secondary N) is 3. The Morgan fingerprint density at radius 2 is 1.64 bits per heavy atom. The van der Waals surface area contributed by atoms with Crippen LogP contribution in [-0.2, 0) is 20.8 Å². The van der Waals surface area contributed by atoms with E-state index in [0.717, 1.165) is 31.2 Å². The first-order valence-corrected chi connectivity index (χ1v) is 14.6. The van der Waals surface area contributed by atoms with Gasteiger partial charge in [-0.2, -0.15) is 0 Å². The summed E-state index contributed by atoms with van der Waals surface area (Å²) in [6, 6.07) is 11.3. The quantitative estimate of drug-likeness (QED) is 0.432. The fourth-order valence-corrected chi connectivity index (χ4v) is 5.08. The zero-order valence-electron chi connectivity index (χ0n) is 24.1. The van der Waals surface area contributed by atoms with Crippen LogP contribution in [0.2, 0.25) is 0 Å². The molecule has 0 radical (unpaired) electrons. The van der Waals surface area contributed by atoms with E-state index in [0.29, 0.717) is 50.6 Å². The van der Waals surface area contributed by atoms with Gasteiger partial charge in [0, 0.05) is 39.1 Å². The average molecular weight is 580 g/mol. The fourth-order valence-electron chi connectivity index (χ4n) is 5.08. The highest BCUT2D eigenvalue weighted by atomic mass is 16.5. The van der Waals surface area contributed by atoms with Crippen molar-refractivity contribution in [3.05, 3.63) is 59.7 Å². The molecule has 4 rings (SSSR count). The summed E-state index contributed by atoms with van der Waals surface area (Å²) in [4.78, 5) is 57.4. The van der Waals surface area contributed by atoms with E-state index in [-0.39, 0.29) is 30.4 Å². The van der Waals surface area contributed by atoms with Crippen LogP contribution in [0, 0.1) is 0 Å². The number of carbonyl (C=O) groups excluding carboxylic acids is 4. The summed E-state index contributed by atoms with van der Waals surface area (Å²) >= 11 is 0. The molecule has 2 aliphatic heterocycles. The molecule has 0 saturated carbocycles. The molecule has 2 heterocycles. The minimum atomic E-state index is -1.13. The standard InChI is InChI=1S/C31H41N5O6/c1-35-15-17-36(18-16-35)31(41)26-21-28(38)33-25(20-22-10-12-23(37)13-11-22)30(40)32-14-6-2-3-7-19-42-27-9-5-4-8-24(27)29(39)34-26/h4-5,8-13,25-26,37H,2-3,6-7,14-21H2,1H3,(H,32,40)(H,33,38)(H,34,39)/t25-,26-/m0/s1. The molecule has 1 fully saturated rings. The number of hydrogen-bond acceptors (Lipinski definition) is 7. The van der Waals surface area contributed by atoms with Gasteiger partial charge in [0.1, 0.15) is 23.6 Å². The summed E-state index contributed by atoms with van der Waals surface area (Å²) in [7, 11) is 1.98. The third-order valence-electron chi connectivity index (χ3n) is 7.60. The van der Waals surface area contributed by atoms with Crippen molar-refractivity contribution < 1.29 is 29.0 Å². The molecule has 2 aromatic carbocycles. The lowest BCUT2D eigenvalue weighted by molar-refractivity contribution is -0.137. The number of benzene rings is 2. The van der Waals surface area contributed by atoms with Crippen LogP contribution in [0.3, 0.4) is 0 Å². The fraction of sp³-hybridized carbons (Fsp3) is 0.484. The Balaban J connectivity index is 1.58. The minimum absolute atomic E-state index is 0.102. The summed E-state index contributed by atoms with van der Waals surface area (Å²) in [6.07, 6.45) is 3.20. The molecule has 0 unspecified atom stereocenters. The van der Waals surface area contributed by atoms with Gasteiger partial charge in [0.05, 0.1) is 18.6 Å². The number of nitrogens with zero attached hydrogens (tertiary/aromatic N) is 2. The lowest BCUT2D eigenvalue weighted by atomic mass is 10.0. The maximum absolute atomic E-state index is 13.6. The Morgan fingerprint density at radius 3 is 2.40 bits per heavy atom. The van der Waals surface area contributed by atoms with Crippen LogP contribution in [0.15, 0.2) is 48.5 Å². The van der Waals surface area contributed by atoms with E-state index < -0.39 is 23.9 Å². The first-order chi connectivity index (χ1) is 20.3. The van der Waals surface area contributed by atoms with Crippen molar-refractivity contribution in [2.24, 2.45) is 0 Å². The van der Waals surface area contributed by atoms with Gasteiger partial charge >= 0.3 is 0 Å². The zero-order valence-corrected chi connectivity index (χ0v) is 24.1. The maximum atomic E-state index is 13.6. The first kappa shape index (κ1) is 30.8. The monoisotopic (exact) mass is 579 g/mol. The number of carbonyl (C=O) groups is 4. The second-order valence-corrected chi connectivity index (χ2v) is 10.9. The van der Waals surface area contributed by atoms with E-state index in [1.165, 1.54) is 12.1 Å². The number of hydrogen-bond donors (Lipinski definition) is 4. The van der Waals surface area contributed by atoms with Gasteiger partial charge in [-0.1, -0.05) is 37.1 Å². The van der Waals surface area contributed by atoms with Crippen LogP contribution in [0.1, 0.15) is 48.0 Å². The normalized spacial score (nSPS) is 21.9. The third-order valence-corrected chi connectivity index (χ3v) is 7.60. The van der Waals surface area contributed by atoms with E-state index in [2.05, 4.69) is 20.9 Å². The summed E-state index contributed by atoms with van der Waals surface area (Å²) in [5.41, 5.74) is 1.05. The number of likely N-dealkylation sites (N-methyl/N-ethyl adjacent to an activating group) is 1. The molecule has 2 aliphatic rings. The molecule has 0 spiro atoms. The molecule has 2 atom stereocenters. The molecule has 0 aromatic heterocycles. The molecular weight excluding hydrogens is 538 g/mol. The largest absolute Gasteiger partial charge is 0.508 e. The van der Waals surface area contributed by atoms with Gasteiger partial charge in [0.2, 0.25) is 17.7 Å². The van der Waals surface area contributed by atoms with Gasteiger partial charge in [0.15, 0.2) is 0 Å². The van der Waals surface area contributed by atoms with Crippen molar-refractivity contribution in [2.75, 3.05) is 46.4 Å². The van der Waals surface area contributed by atoms with E-state index in [1.54, 1.807) is 41.3 Å². The smallest absolute Gasteiger partial charge is 0.255 e. The number of phenolic OH excluding ortho intramolecular Hbond substituents is 1. The summed E-state index contributed by atoms with van der Waals surface area (Å²) in [6.45, 7) is 3.22. The van der Waals surface area contributed by atoms with Gasteiger partial charge in [-0.25, -0.2) is 0 Å². The second kappa shape index (κ2) is 15.2. The number of fused-ring (bicyclic) bond motifs is 1. The molecule has 4 N–H and O–H groups in total. The molecule has 11 heteroatoms. The topological polar surface area (TPSA) is 140 Å². The van der Waals surface area contributed by atoms with Crippen LogP contribution in [0.4, 0.5) is 0 Å². The van der Waals surface area contributed by atoms with Gasteiger partial charge in [-0.15, -0.1) is 0 Å². The molecule has 226 valence electrons. The van der Waals surface area contributed by atoms with Crippen LogP contribution < -0.4 is 20.7 Å². The van der Waals surface area contributed by atoms with E-state index >= 15 is 0 Å². The highest BCUT2D eigenvalue weighted by Gasteiger charge is 2.32. The SMILES string of the molecule is CN1CCN(C(=O)[C@@H]2CC(=O)N[C@@H](Cc3ccc(O)cc3)C(=O)NCCCCCCOc3ccccc3C(=O)N2)CC1. The Morgan fingerprint density at radius 1 is 0.929 bits per heavy atom. The summed E-state index contributed by atoms with van der Waals surface area (Å²) in [5.74, 6) is -1.20. The van der Waals surface area contributed by atoms with Crippen molar-refractivity contribution >= 4 is 23.6 Å². The lowest BCUT2D eigenvalue weighted by Gasteiger charge is -2.34. The minimum Gasteiger partial charge on any atom is -0.508 e. The number of amides is 4. The van der Waals surface area contributed by atoms with Crippen molar-refractivity contribution in [3.8, 4) is 11.5 Å². The third kappa shape index (κ3) is 8.94. The van der Waals surface area contributed by atoms with Gasteiger partial charge in [-0.3, -0.25) is 19.2 Å². The molecule has 1 saturated heterocycles. The highest BCUT2D eigenvalue weighted by Crippen LogP contribution is 2.20. The highest BCUT2D eigenvalue weighted by molar-refractivity contribution is 6.01. The first-order valence-electron chi connectivity index (χ1n) is 14.6. The van der Waals surface area contributed by atoms with Crippen molar-refractivity contribution in [1.29, 1.82) is 0 Å². The number of piperazine rings is 1. The van der Waals surface area contributed by atoms with Crippen LogP contribution in [0.25, 0.3) is 0 Å². The molecule has 0 bridgehead atoms. The predicted molar refractivity (Wildman–Crippen MR) is 157 cm³/mol. The maximum Gasteiger partial charge on any atom is 0.255 e.